The fraction of sp³-hybridized carbons (Fsp3) is 0.150. The molecule has 3 rings (SSSR count). The summed E-state index contributed by atoms with van der Waals surface area (Å²) in [7, 11) is 1.64. The number of aromatic nitrogens is 2. The van der Waals surface area contributed by atoms with E-state index in [-0.39, 0.29) is 5.91 Å². The summed E-state index contributed by atoms with van der Waals surface area (Å²) < 4.78 is 5.31. The number of carbonyl (C=O) groups is 1. The van der Waals surface area contributed by atoms with Crippen LogP contribution in [-0.4, -0.2) is 29.8 Å². The van der Waals surface area contributed by atoms with E-state index in [1.54, 1.807) is 19.2 Å². The van der Waals surface area contributed by atoms with Crippen LogP contribution < -0.4 is 10.1 Å². The number of nitrogens with zero attached hydrogens (tertiary/aromatic N) is 2. The third-order valence-electron chi connectivity index (χ3n) is 3.84. The molecule has 0 saturated carbocycles. The van der Waals surface area contributed by atoms with Gasteiger partial charge in [-0.2, -0.15) is 0 Å². The van der Waals surface area contributed by atoms with Crippen LogP contribution in [0, 0.1) is 0 Å². The van der Waals surface area contributed by atoms with E-state index in [9.17, 15) is 4.79 Å². The molecule has 0 atom stereocenters. The molecule has 0 radical (unpaired) electrons. The molecule has 0 aliphatic carbocycles. The van der Waals surface area contributed by atoms with E-state index in [2.05, 4.69) is 15.5 Å². The number of ether oxygens (including phenoxy) is 1. The largest absolute Gasteiger partial charge is 0.496 e. The number of benzene rings is 2. The van der Waals surface area contributed by atoms with Crippen molar-refractivity contribution in [3.63, 3.8) is 0 Å². The Kier molecular flexibility index (Phi) is 5.36. The number of amides is 1. The quantitative estimate of drug-likeness (QED) is 0.753. The summed E-state index contributed by atoms with van der Waals surface area (Å²) in [4.78, 5) is 12.2. The van der Waals surface area contributed by atoms with Crippen LogP contribution >= 0.6 is 0 Å². The van der Waals surface area contributed by atoms with Crippen LogP contribution in [0.2, 0.25) is 0 Å². The first kappa shape index (κ1) is 16.6. The van der Waals surface area contributed by atoms with Crippen molar-refractivity contribution in [2.75, 3.05) is 13.7 Å². The van der Waals surface area contributed by atoms with E-state index in [1.807, 2.05) is 54.6 Å². The van der Waals surface area contributed by atoms with Crippen LogP contribution in [0.15, 0.2) is 66.7 Å². The van der Waals surface area contributed by atoms with E-state index in [0.29, 0.717) is 18.7 Å². The Balaban J connectivity index is 1.58. The maximum atomic E-state index is 12.2. The lowest BCUT2D eigenvalue weighted by Gasteiger charge is -2.09. The molecule has 0 spiro atoms. The molecule has 126 valence electrons. The van der Waals surface area contributed by atoms with Crippen molar-refractivity contribution < 1.29 is 9.53 Å². The van der Waals surface area contributed by atoms with E-state index >= 15 is 0 Å². The van der Waals surface area contributed by atoms with Gasteiger partial charge in [-0.3, -0.25) is 4.79 Å². The van der Waals surface area contributed by atoms with E-state index in [0.717, 1.165) is 22.6 Å². The van der Waals surface area contributed by atoms with Crippen LogP contribution in [0.5, 0.6) is 5.75 Å². The van der Waals surface area contributed by atoms with Crippen LogP contribution in [-0.2, 0) is 6.42 Å². The van der Waals surface area contributed by atoms with Gasteiger partial charge in [-0.15, -0.1) is 10.2 Å². The SMILES string of the molecule is COc1ccccc1CCNC(=O)c1ccc(-c2ccccc2)nn1. The summed E-state index contributed by atoms with van der Waals surface area (Å²) in [6, 6.07) is 21.0. The van der Waals surface area contributed by atoms with Crippen molar-refractivity contribution >= 4 is 5.91 Å². The summed E-state index contributed by atoms with van der Waals surface area (Å²) in [6.45, 7) is 0.501. The number of carbonyl (C=O) groups excluding carboxylic acids is 1. The van der Waals surface area contributed by atoms with Gasteiger partial charge in [0.15, 0.2) is 5.69 Å². The molecular weight excluding hydrogens is 314 g/mol. The van der Waals surface area contributed by atoms with Crippen LogP contribution in [0.3, 0.4) is 0 Å². The average Bonchev–Trinajstić information content (AvgIpc) is 2.69. The van der Waals surface area contributed by atoms with Crippen molar-refractivity contribution in [3.05, 3.63) is 78.0 Å². The topological polar surface area (TPSA) is 64.1 Å². The van der Waals surface area contributed by atoms with Gasteiger partial charge in [-0.25, -0.2) is 0 Å². The van der Waals surface area contributed by atoms with E-state index in [1.165, 1.54) is 0 Å². The second-order valence-electron chi connectivity index (χ2n) is 5.49. The normalized spacial score (nSPS) is 10.3. The number of nitrogens with one attached hydrogen (secondary N) is 1. The zero-order valence-corrected chi connectivity index (χ0v) is 14.0. The lowest BCUT2D eigenvalue weighted by Crippen LogP contribution is -2.26. The predicted octanol–water partition coefficient (Wildman–Crippen LogP) is 3.12. The van der Waals surface area contributed by atoms with Crippen molar-refractivity contribution in [2.45, 2.75) is 6.42 Å². The standard InChI is InChI=1S/C20H19N3O2/c1-25-19-10-6-5-9-16(19)13-14-21-20(24)18-12-11-17(22-23-18)15-7-3-2-4-8-15/h2-12H,13-14H2,1H3,(H,21,24). The molecule has 1 heterocycles. The molecule has 1 N–H and O–H groups in total. The minimum absolute atomic E-state index is 0.234. The zero-order chi connectivity index (χ0) is 17.5. The molecule has 0 bridgehead atoms. The van der Waals surface area contributed by atoms with Gasteiger partial charge in [0, 0.05) is 12.1 Å². The predicted molar refractivity (Wildman–Crippen MR) is 96.5 cm³/mol. The molecule has 25 heavy (non-hydrogen) atoms. The number of hydrogen-bond donors (Lipinski definition) is 1. The Bertz CT molecular complexity index is 833. The third-order valence-corrected chi connectivity index (χ3v) is 3.84. The lowest BCUT2D eigenvalue weighted by molar-refractivity contribution is 0.0948. The smallest absolute Gasteiger partial charge is 0.271 e. The highest BCUT2D eigenvalue weighted by Gasteiger charge is 2.09. The van der Waals surface area contributed by atoms with Gasteiger partial charge in [-0.1, -0.05) is 48.5 Å². The molecule has 5 heteroatoms. The van der Waals surface area contributed by atoms with Crippen LogP contribution in [0.4, 0.5) is 0 Å². The molecule has 3 aromatic rings. The minimum atomic E-state index is -0.234. The summed E-state index contributed by atoms with van der Waals surface area (Å²) in [5.41, 5.74) is 3.07. The molecule has 0 fully saturated rings. The van der Waals surface area contributed by atoms with Gasteiger partial charge in [0.05, 0.1) is 12.8 Å². The third kappa shape index (κ3) is 4.20. The Morgan fingerprint density at radius 3 is 2.44 bits per heavy atom. The molecule has 0 aliphatic rings. The summed E-state index contributed by atoms with van der Waals surface area (Å²) in [6.07, 6.45) is 0.686. The molecule has 1 amide bonds. The molecule has 1 aromatic heterocycles. The Labute approximate surface area is 146 Å². The fourth-order valence-electron chi connectivity index (χ4n) is 2.53. The second kappa shape index (κ2) is 8.06. The van der Waals surface area contributed by atoms with Crippen molar-refractivity contribution in [1.82, 2.24) is 15.5 Å². The average molecular weight is 333 g/mol. The highest BCUT2D eigenvalue weighted by Crippen LogP contribution is 2.17. The van der Waals surface area contributed by atoms with Gasteiger partial charge in [0.1, 0.15) is 5.75 Å². The van der Waals surface area contributed by atoms with Crippen LogP contribution in [0.1, 0.15) is 16.1 Å². The van der Waals surface area contributed by atoms with E-state index in [4.69, 9.17) is 4.74 Å². The summed E-state index contributed by atoms with van der Waals surface area (Å²) in [5, 5.41) is 11.0. The molecule has 0 aliphatic heterocycles. The first-order chi connectivity index (χ1) is 12.3. The molecule has 2 aromatic carbocycles. The molecular formula is C20H19N3O2. The molecule has 0 saturated heterocycles. The highest BCUT2D eigenvalue weighted by atomic mass is 16.5. The van der Waals surface area contributed by atoms with Gasteiger partial charge in [-0.05, 0) is 30.2 Å². The zero-order valence-electron chi connectivity index (χ0n) is 14.0. The lowest BCUT2D eigenvalue weighted by atomic mass is 10.1. The number of hydrogen-bond acceptors (Lipinski definition) is 4. The number of rotatable bonds is 6. The van der Waals surface area contributed by atoms with Crippen molar-refractivity contribution in [1.29, 1.82) is 0 Å². The highest BCUT2D eigenvalue weighted by molar-refractivity contribution is 5.92. The van der Waals surface area contributed by atoms with E-state index < -0.39 is 0 Å². The summed E-state index contributed by atoms with van der Waals surface area (Å²) in [5.74, 6) is 0.589. The van der Waals surface area contributed by atoms with Gasteiger partial charge in [0.2, 0.25) is 0 Å². The Hall–Kier alpha value is -3.21. The minimum Gasteiger partial charge on any atom is -0.496 e. The van der Waals surface area contributed by atoms with Crippen molar-refractivity contribution in [3.8, 4) is 17.0 Å². The fourth-order valence-corrected chi connectivity index (χ4v) is 2.53. The maximum Gasteiger partial charge on any atom is 0.271 e. The Morgan fingerprint density at radius 1 is 0.960 bits per heavy atom. The monoisotopic (exact) mass is 333 g/mol. The first-order valence-electron chi connectivity index (χ1n) is 8.07. The van der Waals surface area contributed by atoms with Crippen LogP contribution in [0.25, 0.3) is 11.3 Å². The molecule has 0 unspecified atom stereocenters. The maximum absolute atomic E-state index is 12.2. The molecule has 5 nitrogen and oxygen atoms in total. The second-order valence-corrected chi connectivity index (χ2v) is 5.49. The summed E-state index contributed by atoms with van der Waals surface area (Å²) >= 11 is 0. The van der Waals surface area contributed by atoms with Crippen molar-refractivity contribution in [2.24, 2.45) is 0 Å². The first-order valence-corrected chi connectivity index (χ1v) is 8.07. The van der Waals surface area contributed by atoms with Gasteiger partial charge < -0.3 is 10.1 Å². The number of para-hydroxylation sites is 1. The number of methoxy groups -OCH3 is 1. The van der Waals surface area contributed by atoms with Gasteiger partial charge in [0.25, 0.3) is 5.91 Å². The van der Waals surface area contributed by atoms with Gasteiger partial charge >= 0.3 is 0 Å². The Morgan fingerprint density at radius 2 is 1.72 bits per heavy atom.